The van der Waals surface area contributed by atoms with Gasteiger partial charge < -0.3 is 15.3 Å². The number of amides is 2. The fourth-order valence-corrected chi connectivity index (χ4v) is 1.50. The van der Waals surface area contributed by atoms with Gasteiger partial charge in [-0.05, 0) is 18.4 Å². The van der Waals surface area contributed by atoms with E-state index in [1.54, 1.807) is 24.9 Å². The highest BCUT2D eigenvalue weighted by Crippen LogP contribution is 2.01. The molecule has 0 aromatic rings. The number of carboxylic acid groups (broad SMARTS) is 1. The lowest BCUT2D eigenvalue weighted by Crippen LogP contribution is -2.46. The molecule has 16 heavy (non-hydrogen) atoms. The highest BCUT2D eigenvalue weighted by atomic mass is 32.2. The first-order valence-corrected chi connectivity index (χ1v) is 6.26. The number of aliphatic carboxylic acids is 1. The maximum Gasteiger partial charge on any atom is 0.326 e. The largest absolute Gasteiger partial charge is 0.480 e. The lowest BCUT2D eigenvalue weighted by molar-refractivity contribution is -0.139. The number of nitrogens with one attached hydrogen (secondary N) is 1. The third kappa shape index (κ3) is 5.65. The molecule has 0 spiro atoms. The third-order valence-corrected chi connectivity index (χ3v) is 2.60. The van der Waals surface area contributed by atoms with Crippen molar-refractivity contribution in [3.8, 4) is 0 Å². The SMILES string of the molecule is C=CCN(C)C(=O)NC(CCSC)C(=O)O. The van der Waals surface area contributed by atoms with Gasteiger partial charge in [0, 0.05) is 13.6 Å². The molecule has 0 aliphatic carbocycles. The summed E-state index contributed by atoms with van der Waals surface area (Å²) in [5.41, 5.74) is 0. The molecule has 2 amide bonds. The number of rotatable bonds is 7. The maximum absolute atomic E-state index is 11.5. The summed E-state index contributed by atoms with van der Waals surface area (Å²) >= 11 is 1.55. The minimum atomic E-state index is -1.01. The lowest BCUT2D eigenvalue weighted by Gasteiger charge is -2.19. The van der Waals surface area contributed by atoms with Gasteiger partial charge in [0.25, 0.3) is 0 Å². The Balaban J connectivity index is 4.22. The van der Waals surface area contributed by atoms with E-state index >= 15 is 0 Å². The number of nitrogens with zero attached hydrogens (tertiary/aromatic N) is 1. The molecule has 1 atom stereocenters. The van der Waals surface area contributed by atoms with Crippen molar-refractivity contribution < 1.29 is 14.7 Å². The van der Waals surface area contributed by atoms with Crippen LogP contribution in [0.5, 0.6) is 0 Å². The quantitative estimate of drug-likeness (QED) is 0.658. The number of carboxylic acids is 1. The van der Waals surface area contributed by atoms with Gasteiger partial charge in [-0.15, -0.1) is 6.58 Å². The number of urea groups is 1. The highest BCUT2D eigenvalue weighted by Gasteiger charge is 2.20. The fraction of sp³-hybridized carbons (Fsp3) is 0.600. The highest BCUT2D eigenvalue weighted by molar-refractivity contribution is 7.98. The van der Waals surface area contributed by atoms with Gasteiger partial charge in [0.1, 0.15) is 6.04 Å². The molecule has 5 nitrogen and oxygen atoms in total. The summed E-state index contributed by atoms with van der Waals surface area (Å²) in [4.78, 5) is 23.7. The summed E-state index contributed by atoms with van der Waals surface area (Å²) in [5, 5.41) is 11.4. The predicted octanol–water partition coefficient (Wildman–Crippen LogP) is 1.02. The zero-order chi connectivity index (χ0) is 12.6. The number of carbonyl (C=O) groups excluding carboxylic acids is 1. The molecule has 0 rings (SSSR count). The Hall–Kier alpha value is -1.17. The summed E-state index contributed by atoms with van der Waals surface area (Å²) < 4.78 is 0. The molecule has 0 saturated carbocycles. The third-order valence-electron chi connectivity index (χ3n) is 1.96. The molecule has 0 bridgehead atoms. The Morgan fingerprint density at radius 1 is 1.62 bits per heavy atom. The van der Waals surface area contributed by atoms with Crippen molar-refractivity contribution in [2.75, 3.05) is 25.6 Å². The summed E-state index contributed by atoms with van der Waals surface area (Å²) in [7, 11) is 1.59. The second-order valence-corrected chi connectivity index (χ2v) is 4.28. The first kappa shape index (κ1) is 14.8. The molecule has 2 N–H and O–H groups in total. The van der Waals surface area contributed by atoms with Crippen LogP contribution in [-0.2, 0) is 4.79 Å². The number of hydrogen-bond donors (Lipinski definition) is 2. The molecular weight excluding hydrogens is 228 g/mol. The van der Waals surface area contributed by atoms with Crippen molar-refractivity contribution in [2.45, 2.75) is 12.5 Å². The topological polar surface area (TPSA) is 69.6 Å². The van der Waals surface area contributed by atoms with Crippen LogP contribution in [0.15, 0.2) is 12.7 Å². The van der Waals surface area contributed by atoms with Crippen molar-refractivity contribution in [1.82, 2.24) is 10.2 Å². The second-order valence-electron chi connectivity index (χ2n) is 3.29. The molecule has 0 aliphatic rings. The number of thioether (sulfide) groups is 1. The Labute approximate surface area is 99.9 Å². The Morgan fingerprint density at radius 3 is 2.69 bits per heavy atom. The van der Waals surface area contributed by atoms with E-state index in [4.69, 9.17) is 5.11 Å². The minimum Gasteiger partial charge on any atom is -0.480 e. The fourth-order valence-electron chi connectivity index (χ4n) is 1.03. The second kappa shape index (κ2) is 8.04. The van der Waals surface area contributed by atoms with Crippen molar-refractivity contribution in [3.63, 3.8) is 0 Å². The Morgan fingerprint density at radius 2 is 2.25 bits per heavy atom. The molecule has 0 aromatic carbocycles. The van der Waals surface area contributed by atoms with Crippen LogP contribution in [0.25, 0.3) is 0 Å². The van der Waals surface area contributed by atoms with Crippen LogP contribution in [0, 0.1) is 0 Å². The molecule has 1 unspecified atom stereocenters. The van der Waals surface area contributed by atoms with Gasteiger partial charge in [0.05, 0.1) is 0 Å². The molecule has 0 saturated heterocycles. The smallest absolute Gasteiger partial charge is 0.326 e. The van der Waals surface area contributed by atoms with Gasteiger partial charge >= 0.3 is 12.0 Å². The number of likely N-dealkylation sites (N-methyl/N-ethyl adjacent to an activating group) is 1. The van der Waals surface area contributed by atoms with Crippen molar-refractivity contribution in [2.24, 2.45) is 0 Å². The van der Waals surface area contributed by atoms with Gasteiger partial charge in [0.15, 0.2) is 0 Å². The monoisotopic (exact) mass is 246 g/mol. The molecule has 0 heterocycles. The maximum atomic E-state index is 11.5. The first-order valence-electron chi connectivity index (χ1n) is 4.87. The van der Waals surface area contributed by atoms with E-state index in [0.717, 1.165) is 0 Å². The van der Waals surface area contributed by atoms with Crippen LogP contribution in [-0.4, -0.2) is 53.6 Å². The standard InChI is InChI=1S/C10H18N2O3S/c1-4-6-12(2)10(15)11-8(9(13)14)5-7-16-3/h4,8H,1,5-7H2,2-3H3,(H,11,15)(H,13,14). The van der Waals surface area contributed by atoms with Crippen molar-refractivity contribution >= 4 is 23.8 Å². The van der Waals surface area contributed by atoms with Crippen LogP contribution in [0.2, 0.25) is 0 Å². The molecule has 0 aromatic heterocycles. The van der Waals surface area contributed by atoms with Crippen LogP contribution < -0.4 is 5.32 Å². The molecule has 92 valence electrons. The Kier molecular flexibility index (Phi) is 7.45. The first-order chi connectivity index (χ1) is 7.52. The summed E-state index contributed by atoms with van der Waals surface area (Å²) in [5.74, 6) is -0.308. The van der Waals surface area contributed by atoms with E-state index in [1.165, 1.54) is 4.90 Å². The van der Waals surface area contributed by atoms with E-state index in [2.05, 4.69) is 11.9 Å². The molecule has 0 fully saturated rings. The van der Waals surface area contributed by atoms with E-state index in [0.29, 0.717) is 18.7 Å². The van der Waals surface area contributed by atoms with Gasteiger partial charge in [-0.25, -0.2) is 9.59 Å². The molecule has 0 aliphatic heterocycles. The van der Waals surface area contributed by atoms with Crippen LogP contribution in [0.1, 0.15) is 6.42 Å². The predicted molar refractivity (Wildman–Crippen MR) is 65.8 cm³/mol. The summed E-state index contributed by atoms with van der Waals surface area (Å²) in [6, 6.07) is -1.22. The normalized spacial score (nSPS) is 11.6. The number of hydrogen-bond acceptors (Lipinski definition) is 3. The summed E-state index contributed by atoms with van der Waals surface area (Å²) in [6.45, 7) is 3.90. The van der Waals surface area contributed by atoms with Gasteiger partial charge in [-0.1, -0.05) is 6.08 Å². The lowest BCUT2D eigenvalue weighted by atomic mass is 10.2. The van der Waals surface area contributed by atoms with E-state index < -0.39 is 18.0 Å². The Bertz CT molecular complexity index is 258. The molecule has 6 heteroatoms. The van der Waals surface area contributed by atoms with Gasteiger partial charge in [0.2, 0.25) is 0 Å². The minimum absolute atomic E-state index is 0.390. The van der Waals surface area contributed by atoms with Crippen LogP contribution in [0.3, 0.4) is 0 Å². The van der Waals surface area contributed by atoms with Gasteiger partial charge in [-0.2, -0.15) is 11.8 Å². The summed E-state index contributed by atoms with van der Waals surface area (Å²) in [6.07, 6.45) is 3.89. The zero-order valence-electron chi connectivity index (χ0n) is 9.60. The van der Waals surface area contributed by atoms with Crippen LogP contribution >= 0.6 is 11.8 Å². The van der Waals surface area contributed by atoms with Crippen molar-refractivity contribution in [3.05, 3.63) is 12.7 Å². The zero-order valence-corrected chi connectivity index (χ0v) is 10.4. The van der Waals surface area contributed by atoms with Crippen molar-refractivity contribution in [1.29, 1.82) is 0 Å². The number of carbonyl (C=O) groups is 2. The van der Waals surface area contributed by atoms with E-state index in [1.807, 2.05) is 6.26 Å². The molecule has 0 radical (unpaired) electrons. The van der Waals surface area contributed by atoms with Gasteiger partial charge in [-0.3, -0.25) is 0 Å². The average Bonchev–Trinajstić information content (AvgIpc) is 2.23. The van der Waals surface area contributed by atoms with E-state index in [9.17, 15) is 9.59 Å². The average molecular weight is 246 g/mol. The molecular formula is C10H18N2O3S. The van der Waals surface area contributed by atoms with E-state index in [-0.39, 0.29) is 0 Å². The van der Waals surface area contributed by atoms with Crippen LogP contribution in [0.4, 0.5) is 4.79 Å².